The third-order valence-electron chi connectivity index (χ3n) is 4.87. The Morgan fingerprint density at radius 3 is 1.92 bits per heavy atom. The maximum absolute atomic E-state index is 12.6. The SMILES string of the molecule is COc1ccc(CCN2CCN(C(=O)c3ccc(OC)cc3)CC2)cc1. The zero-order chi connectivity index (χ0) is 18.4. The van der Waals surface area contributed by atoms with E-state index in [2.05, 4.69) is 17.0 Å². The molecule has 2 aromatic carbocycles. The van der Waals surface area contributed by atoms with Crippen molar-refractivity contribution < 1.29 is 14.3 Å². The summed E-state index contributed by atoms with van der Waals surface area (Å²) < 4.78 is 10.3. The maximum Gasteiger partial charge on any atom is 0.253 e. The number of hydrogen-bond donors (Lipinski definition) is 0. The van der Waals surface area contributed by atoms with E-state index in [1.807, 2.05) is 41.3 Å². The van der Waals surface area contributed by atoms with Crippen molar-refractivity contribution in [2.45, 2.75) is 6.42 Å². The summed E-state index contributed by atoms with van der Waals surface area (Å²) in [5.74, 6) is 1.76. The lowest BCUT2D eigenvalue weighted by Crippen LogP contribution is -2.49. The van der Waals surface area contributed by atoms with Crippen molar-refractivity contribution >= 4 is 5.91 Å². The summed E-state index contributed by atoms with van der Waals surface area (Å²) in [5, 5.41) is 0. The van der Waals surface area contributed by atoms with Gasteiger partial charge in [-0.25, -0.2) is 0 Å². The third kappa shape index (κ3) is 4.55. The van der Waals surface area contributed by atoms with E-state index < -0.39 is 0 Å². The van der Waals surface area contributed by atoms with Crippen molar-refractivity contribution in [3.8, 4) is 11.5 Å². The highest BCUT2D eigenvalue weighted by Gasteiger charge is 2.21. The second-order valence-electron chi connectivity index (χ2n) is 6.46. The van der Waals surface area contributed by atoms with E-state index in [1.165, 1.54) is 5.56 Å². The number of carbonyl (C=O) groups excluding carboxylic acids is 1. The van der Waals surface area contributed by atoms with Gasteiger partial charge in [0.05, 0.1) is 14.2 Å². The fraction of sp³-hybridized carbons (Fsp3) is 0.381. The van der Waals surface area contributed by atoms with E-state index in [1.54, 1.807) is 14.2 Å². The lowest BCUT2D eigenvalue weighted by molar-refractivity contribution is 0.0638. The summed E-state index contributed by atoms with van der Waals surface area (Å²) in [6.07, 6.45) is 1.01. The number of carbonyl (C=O) groups is 1. The molecule has 0 unspecified atom stereocenters. The van der Waals surface area contributed by atoms with E-state index in [-0.39, 0.29) is 5.91 Å². The van der Waals surface area contributed by atoms with Crippen LogP contribution in [0, 0.1) is 0 Å². The molecular weight excluding hydrogens is 328 g/mol. The molecule has 5 heteroatoms. The number of piperazine rings is 1. The van der Waals surface area contributed by atoms with Gasteiger partial charge >= 0.3 is 0 Å². The topological polar surface area (TPSA) is 42.0 Å². The minimum Gasteiger partial charge on any atom is -0.497 e. The van der Waals surface area contributed by atoms with E-state index in [9.17, 15) is 4.79 Å². The first-order valence-corrected chi connectivity index (χ1v) is 8.98. The van der Waals surface area contributed by atoms with Crippen molar-refractivity contribution in [3.05, 3.63) is 59.7 Å². The van der Waals surface area contributed by atoms with Crippen molar-refractivity contribution in [1.82, 2.24) is 9.80 Å². The number of benzene rings is 2. The molecule has 0 aromatic heterocycles. The molecule has 0 saturated carbocycles. The zero-order valence-electron chi connectivity index (χ0n) is 15.5. The minimum absolute atomic E-state index is 0.0995. The van der Waals surface area contributed by atoms with Gasteiger partial charge in [0.25, 0.3) is 5.91 Å². The molecule has 0 bridgehead atoms. The van der Waals surface area contributed by atoms with Crippen LogP contribution in [0.1, 0.15) is 15.9 Å². The van der Waals surface area contributed by atoms with Gasteiger partial charge in [-0.1, -0.05) is 12.1 Å². The van der Waals surface area contributed by atoms with Gasteiger partial charge in [0.15, 0.2) is 0 Å². The Balaban J connectivity index is 1.46. The van der Waals surface area contributed by atoms with E-state index in [0.717, 1.165) is 56.2 Å². The highest BCUT2D eigenvalue weighted by Crippen LogP contribution is 2.15. The van der Waals surface area contributed by atoms with Crippen LogP contribution in [0.2, 0.25) is 0 Å². The molecule has 2 aromatic rings. The van der Waals surface area contributed by atoms with Crippen LogP contribution in [0.3, 0.4) is 0 Å². The standard InChI is InChI=1S/C21H26N2O3/c1-25-19-7-3-17(4-8-19)11-12-22-13-15-23(16-14-22)21(24)18-5-9-20(26-2)10-6-18/h3-10H,11-16H2,1-2H3. The predicted molar refractivity (Wildman–Crippen MR) is 102 cm³/mol. The third-order valence-corrected chi connectivity index (χ3v) is 4.87. The molecule has 0 aliphatic carbocycles. The summed E-state index contributed by atoms with van der Waals surface area (Å²) >= 11 is 0. The number of hydrogen-bond acceptors (Lipinski definition) is 4. The van der Waals surface area contributed by atoms with Gasteiger partial charge in [0.1, 0.15) is 11.5 Å². The number of nitrogens with zero attached hydrogens (tertiary/aromatic N) is 2. The Kier molecular flexibility index (Phi) is 6.12. The number of ether oxygens (including phenoxy) is 2. The van der Waals surface area contributed by atoms with Gasteiger partial charge in [-0.15, -0.1) is 0 Å². The van der Waals surface area contributed by atoms with Crippen LogP contribution < -0.4 is 9.47 Å². The number of rotatable bonds is 6. The Morgan fingerprint density at radius 2 is 1.38 bits per heavy atom. The second-order valence-corrected chi connectivity index (χ2v) is 6.46. The fourth-order valence-corrected chi connectivity index (χ4v) is 3.17. The summed E-state index contributed by atoms with van der Waals surface area (Å²) in [6, 6.07) is 15.6. The van der Waals surface area contributed by atoms with Crippen LogP contribution in [-0.4, -0.2) is 62.7 Å². The molecule has 0 atom stereocenters. The first-order valence-electron chi connectivity index (χ1n) is 8.98. The Bertz CT molecular complexity index is 705. The zero-order valence-corrected chi connectivity index (χ0v) is 15.5. The highest BCUT2D eigenvalue weighted by molar-refractivity contribution is 5.94. The fourth-order valence-electron chi connectivity index (χ4n) is 3.17. The molecular formula is C21H26N2O3. The first-order chi connectivity index (χ1) is 12.7. The van der Waals surface area contributed by atoms with Crippen LogP contribution in [0.25, 0.3) is 0 Å². The lowest BCUT2D eigenvalue weighted by Gasteiger charge is -2.34. The van der Waals surface area contributed by atoms with Crippen LogP contribution in [0.5, 0.6) is 11.5 Å². The van der Waals surface area contributed by atoms with E-state index in [4.69, 9.17) is 9.47 Å². The van der Waals surface area contributed by atoms with E-state index in [0.29, 0.717) is 0 Å². The quantitative estimate of drug-likeness (QED) is 0.800. The molecule has 5 nitrogen and oxygen atoms in total. The monoisotopic (exact) mass is 354 g/mol. The Labute approximate surface area is 155 Å². The van der Waals surface area contributed by atoms with Gasteiger partial charge in [-0.05, 0) is 48.4 Å². The minimum atomic E-state index is 0.0995. The lowest BCUT2D eigenvalue weighted by atomic mass is 10.1. The molecule has 0 radical (unpaired) electrons. The molecule has 138 valence electrons. The summed E-state index contributed by atoms with van der Waals surface area (Å²) in [6.45, 7) is 4.38. The predicted octanol–water partition coefficient (Wildman–Crippen LogP) is 2.70. The van der Waals surface area contributed by atoms with Gasteiger partial charge in [0, 0.05) is 38.3 Å². The second kappa shape index (κ2) is 8.72. The normalized spacial score (nSPS) is 14.9. The van der Waals surface area contributed by atoms with Gasteiger partial charge in [-0.2, -0.15) is 0 Å². The summed E-state index contributed by atoms with van der Waals surface area (Å²) in [5.41, 5.74) is 2.03. The van der Waals surface area contributed by atoms with Gasteiger partial charge in [-0.3, -0.25) is 9.69 Å². The first kappa shape index (κ1) is 18.3. The summed E-state index contributed by atoms with van der Waals surface area (Å²) in [4.78, 5) is 17.0. The molecule has 26 heavy (non-hydrogen) atoms. The molecule has 1 heterocycles. The molecule has 1 aliphatic heterocycles. The molecule has 1 amide bonds. The van der Waals surface area contributed by atoms with Crippen LogP contribution in [0.15, 0.2) is 48.5 Å². The van der Waals surface area contributed by atoms with Crippen molar-refractivity contribution in [2.24, 2.45) is 0 Å². The number of amides is 1. The molecule has 1 fully saturated rings. The highest BCUT2D eigenvalue weighted by atomic mass is 16.5. The van der Waals surface area contributed by atoms with Crippen LogP contribution in [0.4, 0.5) is 0 Å². The molecule has 0 N–H and O–H groups in total. The molecule has 1 saturated heterocycles. The molecule has 0 spiro atoms. The average molecular weight is 354 g/mol. The Morgan fingerprint density at radius 1 is 0.846 bits per heavy atom. The molecule has 3 rings (SSSR count). The largest absolute Gasteiger partial charge is 0.497 e. The molecule has 1 aliphatic rings. The van der Waals surface area contributed by atoms with Crippen molar-refractivity contribution in [3.63, 3.8) is 0 Å². The maximum atomic E-state index is 12.6. The van der Waals surface area contributed by atoms with Crippen molar-refractivity contribution in [2.75, 3.05) is 46.9 Å². The Hall–Kier alpha value is -2.53. The van der Waals surface area contributed by atoms with Crippen molar-refractivity contribution in [1.29, 1.82) is 0 Å². The van der Waals surface area contributed by atoms with Crippen LogP contribution >= 0.6 is 0 Å². The van der Waals surface area contributed by atoms with E-state index >= 15 is 0 Å². The summed E-state index contributed by atoms with van der Waals surface area (Å²) in [7, 11) is 3.31. The number of methoxy groups -OCH3 is 2. The smallest absolute Gasteiger partial charge is 0.253 e. The van der Waals surface area contributed by atoms with Gasteiger partial charge in [0.2, 0.25) is 0 Å². The van der Waals surface area contributed by atoms with Gasteiger partial charge < -0.3 is 14.4 Å². The average Bonchev–Trinajstić information content (AvgIpc) is 2.72. The van der Waals surface area contributed by atoms with Crippen LogP contribution in [-0.2, 0) is 6.42 Å².